The molecule has 1 unspecified atom stereocenters. The van der Waals surface area contributed by atoms with Crippen LogP contribution < -0.4 is 10.1 Å². The molecule has 0 saturated carbocycles. The van der Waals surface area contributed by atoms with Crippen molar-refractivity contribution in [2.75, 3.05) is 12.4 Å². The van der Waals surface area contributed by atoms with Crippen molar-refractivity contribution < 1.29 is 9.53 Å². The molecule has 1 aromatic carbocycles. The first-order valence-electron chi connectivity index (χ1n) is 5.21. The van der Waals surface area contributed by atoms with Crippen molar-refractivity contribution in [3.63, 3.8) is 0 Å². The molecule has 1 heterocycles. The Kier molecular flexibility index (Phi) is 3.72. The monoisotopic (exact) mass is 207 g/mol. The van der Waals surface area contributed by atoms with Crippen LogP contribution in [-0.4, -0.2) is 13.0 Å². The molecule has 1 amide bonds. The second-order valence-corrected chi connectivity index (χ2v) is 3.16. The van der Waals surface area contributed by atoms with E-state index in [1.165, 1.54) is 0 Å². The van der Waals surface area contributed by atoms with Gasteiger partial charge in [0.25, 0.3) is 0 Å². The second-order valence-electron chi connectivity index (χ2n) is 3.16. The van der Waals surface area contributed by atoms with E-state index in [9.17, 15) is 4.79 Å². The maximum absolute atomic E-state index is 11.3. The molecular weight excluding hydrogens is 190 g/mol. The summed E-state index contributed by atoms with van der Waals surface area (Å²) >= 11 is 0. The number of methoxy groups -OCH3 is 1. The highest BCUT2D eigenvalue weighted by atomic mass is 16.5. The summed E-state index contributed by atoms with van der Waals surface area (Å²) in [5.41, 5.74) is 1.92. The highest BCUT2D eigenvalue weighted by Gasteiger charge is 2.26. The van der Waals surface area contributed by atoms with Gasteiger partial charge in [-0.15, -0.1) is 0 Å². The predicted molar refractivity (Wildman–Crippen MR) is 61.4 cm³/mol. The minimum atomic E-state index is -0.0647. The molecule has 1 atom stereocenters. The normalized spacial score (nSPS) is 17.3. The van der Waals surface area contributed by atoms with Crippen molar-refractivity contribution in [1.29, 1.82) is 0 Å². The number of anilines is 1. The summed E-state index contributed by atoms with van der Waals surface area (Å²) < 4.78 is 5.08. The topological polar surface area (TPSA) is 38.3 Å². The summed E-state index contributed by atoms with van der Waals surface area (Å²) in [6.45, 7) is 5.89. The highest BCUT2D eigenvalue weighted by molar-refractivity contribution is 6.02. The van der Waals surface area contributed by atoms with E-state index in [2.05, 4.69) is 5.32 Å². The van der Waals surface area contributed by atoms with Gasteiger partial charge in [-0.25, -0.2) is 0 Å². The van der Waals surface area contributed by atoms with E-state index in [1.807, 2.05) is 39.0 Å². The molecule has 1 N–H and O–H groups in total. The molecule has 0 fully saturated rings. The lowest BCUT2D eigenvalue weighted by molar-refractivity contribution is -0.116. The van der Waals surface area contributed by atoms with Gasteiger partial charge >= 0.3 is 0 Å². The van der Waals surface area contributed by atoms with Crippen LogP contribution >= 0.6 is 0 Å². The summed E-state index contributed by atoms with van der Waals surface area (Å²) in [7, 11) is 1.62. The number of ether oxygens (including phenoxy) is 1. The number of nitrogens with one attached hydrogen (secondary N) is 1. The summed E-state index contributed by atoms with van der Waals surface area (Å²) in [6, 6.07) is 5.62. The molecule has 0 aromatic heterocycles. The summed E-state index contributed by atoms with van der Waals surface area (Å²) in [4.78, 5) is 11.3. The number of benzene rings is 1. The van der Waals surface area contributed by atoms with E-state index in [0.717, 1.165) is 17.0 Å². The number of hydrogen-bond acceptors (Lipinski definition) is 2. The van der Waals surface area contributed by atoms with Crippen LogP contribution in [0.4, 0.5) is 5.69 Å². The fourth-order valence-corrected chi connectivity index (χ4v) is 1.52. The second kappa shape index (κ2) is 4.82. The minimum absolute atomic E-state index is 0.0586. The maximum atomic E-state index is 11.3. The summed E-state index contributed by atoms with van der Waals surface area (Å²) in [5.74, 6) is 0.787. The molecule has 0 bridgehead atoms. The standard InChI is InChI=1S/C10H11NO2.C2H6/c1-6-8-5-7(13-2)3-4-9(8)11-10(6)12;1-2/h3-6H,1-2H3,(H,11,12);1-2H3. The van der Waals surface area contributed by atoms with E-state index in [4.69, 9.17) is 4.74 Å². The van der Waals surface area contributed by atoms with Crippen molar-refractivity contribution in [1.82, 2.24) is 0 Å². The van der Waals surface area contributed by atoms with Crippen LogP contribution in [-0.2, 0) is 4.79 Å². The molecule has 2 rings (SSSR count). The van der Waals surface area contributed by atoms with Crippen molar-refractivity contribution in [2.45, 2.75) is 26.7 Å². The third kappa shape index (κ3) is 2.12. The van der Waals surface area contributed by atoms with Crippen molar-refractivity contribution >= 4 is 11.6 Å². The summed E-state index contributed by atoms with van der Waals surface area (Å²) in [6.07, 6.45) is 0. The zero-order valence-electron chi connectivity index (χ0n) is 9.63. The Hall–Kier alpha value is -1.51. The highest BCUT2D eigenvalue weighted by Crippen LogP contribution is 2.34. The van der Waals surface area contributed by atoms with Crippen LogP contribution in [0.5, 0.6) is 5.75 Å². The number of hydrogen-bond donors (Lipinski definition) is 1. The van der Waals surface area contributed by atoms with Gasteiger partial charge in [-0.1, -0.05) is 13.8 Å². The lowest BCUT2D eigenvalue weighted by atomic mass is 10.0. The van der Waals surface area contributed by atoms with Crippen LogP contribution in [0.2, 0.25) is 0 Å². The zero-order valence-corrected chi connectivity index (χ0v) is 9.63. The average Bonchev–Trinajstić information content (AvgIpc) is 2.57. The lowest BCUT2D eigenvalue weighted by Crippen LogP contribution is -2.08. The molecule has 1 aliphatic heterocycles. The van der Waals surface area contributed by atoms with E-state index in [-0.39, 0.29) is 11.8 Å². The predicted octanol–water partition coefficient (Wildman–Crippen LogP) is 2.78. The third-order valence-corrected chi connectivity index (χ3v) is 2.38. The van der Waals surface area contributed by atoms with Gasteiger partial charge in [0.1, 0.15) is 5.75 Å². The maximum Gasteiger partial charge on any atom is 0.231 e. The Morgan fingerprint density at radius 3 is 2.60 bits per heavy atom. The molecule has 3 heteroatoms. The number of rotatable bonds is 1. The van der Waals surface area contributed by atoms with Crippen molar-refractivity contribution in [3.05, 3.63) is 23.8 Å². The Morgan fingerprint density at radius 2 is 2.00 bits per heavy atom. The van der Waals surface area contributed by atoms with Gasteiger partial charge in [-0.2, -0.15) is 0 Å². The molecule has 3 nitrogen and oxygen atoms in total. The van der Waals surface area contributed by atoms with Crippen LogP contribution in [0.15, 0.2) is 18.2 Å². The third-order valence-electron chi connectivity index (χ3n) is 2.38. The van der Waals surface area contributed by atoms with Gasteiger partial charge in [-0.05, 0) is 30.7 Å². The molecule has 15 heavy (non-hydrogen) atoms. The van der Waals surface area contributed by atoms with Gasteiger partial charge in [-0.3, -0.25) is 4.79 Å². The van der Waals surface area contributed by atoms with E-state index in [1.54, 1.807) is 7.11 Å². The largest absolute Gasteiger partial charge is 0.497 e. The fourth-order valence-electron chi connectivity index (χ4n) is 1.52. The lowest BCUT2D eigenvalue weighted by Gasteiger charge is -2.03. The molecule has 0 saturated heterocycles. The van der Waals surface area contributed by atoms with Crippen LogP contribution in [0.25, 0.3) is 0 Å². The van der Waals surface area contributed by atoms with Crippen molar-refractivity contribution in [3.8, 4) is 5.75 Å². The van der Waals surface area contributed by atoms with Gasteiger partial charge in [0, 0.05) is 5.69 Å². The van der Waals surface area contributed by atoms with Gasteiger partial charge in [0.05, 0.1) is 13.0 Å². The van der Waals surface area contributed by atoms with Gasteiger partial charge in [0.2, 0.25) is 5.91 Å². The van der Waals surface area contributed by atoms with E-state index >= 15 is 0 Å². The smallest absolute Gasteiger partial charge is 0.231 e. The Morgan fingerprint density at radius 1 is 1.33 bits per heavy atom. The Balaban J connectivity index is 0.000000531. The first-order chi connectivity index (χ1) is 7.22. The Labute approximate surface area is 90.4 Å². The zero-order chi connectivity index (χ0) is 11.4. The number of carbonyl (C=O) groups is 1. The molecule has 1 aromatic rings. The summed E-state index contributed by atoms with van der Waals surface area (Å²) in [5, 5.41) is 2.80. The number of carbonyl (C=O) groups excluding carboxylic acids is 1. The van der Waals surface area contributed by atoms with Gasteiger partial charge in [0.15, 0.2) is 0 Å². The number of fused-ring (bicyclic) bond motifs is 1. The van der Waals surface area contributed by atoms with E-state index in [0.29, 0.717) is 0 Å². The molecule has 82 valence electrons. The van der Waals surface area contributed by atoms with Crippen LogP contribution in [0, 0.1) is 0 Å². The fraction of sp³-hybridized carbons (Fsp3) is 0.417. The molecule has 0 spiro atoms. The number of amides is 1. The molecular formula is C12H17NO2. The van der Waals surface area contributed by atoms with Crippen LogP contribution in [0.3, 0.4) is 0 Å². The molecule has 0 aliphatic carbocycles. The van der Waals surface area contributed by atoms with Crippen molar-refractivity contribution in [2.24, 2.45) is 0 Å². The molecule has 1 aliphatic rings. The van der Waals surface area contributed by atoms with Gasteiger partial charge < -0.3 is 10.1 Å². The quantitative estimate of drug-likeness (QED) is 0.769. The SMILES string of the molecule is CC.COc1ccc2c(c1)C(C)C(=O)N2. The first-order valence-corrected chi connectivity index (χ1v) is 5.21. The first kappa shape index (κ1) is 11.6. The molecule has 0 radical (unpaired) electrons. The van der Waals surface area contributed by atoms with E-state index < -0.39 is 0 Å². The average molecular weight is 207 g/mol. The minimum Gasteiger partial charge on any atom is -0.497 e. The van der Waals surface area contributed by atoms with Crippen LogP contribution in [0.1, 0.15) is 32.3 Å². The Bertz CT molecular complexity index is 361.